The number of amides is 1. The average molecular weight is 255 g/mol. The molecule has 102 valence electrons. The molecule has 0 aromatic rings. The first-order chi connectivity index (χ1) is 8.63. The molecule has 2 fully saturated rings. The second kappa shape index (κ2) is 5.69. The van der Waals surface area contributed by atoms with Gasteiger partial charge in [-0.1, -0.05) is 0 Å². The third kappa shape index (κ3) is 3.02. The second-order valence-electron chi connectivity index (χ2n) is 5.19. The molecule has 1 saturated heterocycles. The summed E-state index contributed by atoms with van der Waals surface area (Å²) in [6, 6.07) is 0. The van der Waals surface area contributed by atoms with Crippen LogP contribution >= 0.6 is 0 Å². The highest BCUT2D eigenvalue weighted by molar-refractivity contribution is 5.79. The molecule has 2 atom stereocenters. The van der Waals surface area contributed by atoms with Crippen LogP contribution in [0.25, 0.3) is 0 Å². The van der Waals surface area contributed by atoms with Gasteiger partial charge >= 0.3 is 5.97 Å². The van der Waals surface area contributed by atoms with Crippen molar-refractivity contribution in [3.63, 3.8) is 0 Å². The summed E-state index contributed by atoms with van der Waals surface area (Å²) in [5, 5.41) is 9.21. The van der Waals surface area contributed by atoms with Crippen LogP contribution in [0.5, 0.6) is 0 Å². The molecule has 0 aromatic heterocycles. The highest BCUT2D eigenvalue weighted by Crippen LogP contribution is 2.44. The Hall–Kier alpha value is -1.10. The fraction of sp³-hybridized carbons (Fsp3) is 0.846. The Bertz CT molecular complexity index is 327. The maximum absolute atomic E-state index is 11.9. The first kappa shape index (κ1) is 13.3. The van der Waals surface area contributed by atoms with Crippen LogP contribution in [0.1, 0.15) is 26.2 Å². The highest BCUT2D eigenvalue weighted by atomic mass is 16.5. The Labute approximate surface area is 107 Å². The Morgan fingerprint density at radius 1 is 1.33 bits per heavy atom. The van der Waals surface area contributed by atoms with Crippen molar-refractivity contribution in [2.75, 3.05) is 26.3 Å². The zero-order valence-electron chi connectivity index (χ0n) is 10.8. The number of hydrogen-bond acceptors (Lipinski definition) is 3. The van der Waals surface area contributed by atoms with Crippen molar-refractivity contribution >= 4 is 11.9 Å². The van der Waals surface area contributed by atoms with E-state index >= 15 is 0 Å². The van der Waals surface area contributed by atoms with Crippen LogP contribution in [-0.2, 0) is 14.3 Å². The van der Waals surface area contributed by atoms with Crippen LogP contribution in [0.2, 0.25) is 0 Å². The molecule has 1 N–H and O–H groups in total. The zero-order valence-corrected chi connectivity index (χ0v) is 10.8. The maximum Gasteiger partial charge on any atom is 0.308 e. The van der Waals surface area contributed by atoms with E-state index in [1.165, 1.54) is 0 Å². The lowest BCUT2D eigenvalue weighted by molar-refractivity contribution is -0.142. The summed E-state index contributed by atoms with van der Waals surface area (Å²) in [4.78, 5) is 24.8. The molecule has 1 heterocycles. The molecule has 0 spiro atoms. The second-order valence-corrected chi connectivity index (χ2v) is 5.19. The van der Waals surface area contributed by atoms with Crippen LogP contribution in [0.4, 0.5) is 0 Å². The fourth-order valence-corrected chi connectivity index (χ4v) is 2.76. The van der Waals surface area contributed by atoms with Crippen molar-refractivity contribution in [2.45, 2.75) is 26.2 Å². The molecular formula is C13H21NO4. The predicted molar refractivity (Wildman–Crippen MR) is 65.0 cm³/mol. The number of rotatable bonds is 6. The summed E-state index contributed by atoms with van der Waals surface area (Å²) in [7, 11) is 0. The van der Waals surface area contributed by atoms with Gasteiger partial charge in [-0.3, -0.25) is 9.59 Å². The summed E-state index contributed by atoms with van der Waals surface area (Å²) in [5.41, 5.74) is 0. The van der Waals surface area contributed by atoms with E-state index in [1.54, 1.807) is 4.90 Å². The predicted octanol–water partition coefficient (Wildman–Crippen LogP) is 0.982. The molecule has 5 nitrogen and oxygen atoms in total. The minimum Gasteiger partial charge on any atom is -0.481 e. The van der Waals surface area contributed by atoms with Gasteiger partial charge in [0.15, 0.2) is 0 Å². The maximum atomic E-state index is 11.9. The van der Waals surface area contributed by atoms with Gasteiger partial charge in [-0.25, -0.2) is 0 Å². The molecule has 0 bridgehead atoms. The Balaban J connectivity index is 1.87. The Morgan fingerprint density at radius 2 is 2.06 bits per heavy atom. The van der Waals surface area contributed by atoms with E-state index < -0.39 is 5.97 Å². The molecule has 1 amide bonds. The van der Waals surface area contributed by atoms with Gasteiger partial charge in [-0.05, 0) is 31.6 Å². The standard InChI is InChI=1S/C13H21NO4/c1-2-18-6-5-12(15)14-7-10(9-3-4-9)11(8-14)13(16)17/h9-11H,2-8H2,1H3,(H,16,17)/t10-,11+/m1/s1. The summed E-state index contributed by atoms with van der Waals surface area (Å²) in [5.74, 6) is -0.410. The zero-order chi connectivity index (χ0) is 13.1. The quantitative estimate of drug-likeness (QED) is 0.718. The highest BCUT2D eigenvalue weighted by Gasteiger charge is 2.46. The van der Waals surface area contributed by atoms with E-state index in [4.69, 9.17) is 4.74 Å². The molecule has 1 saturated carbocycles. The number of likely N-dealkylation sites (tertiary alicyclic amines) is 1. The third-order valence-electron chi connectivity index (χ3n) is 3.93. The SMILES string of the molecule is CCOCCC(=O)N1C[C@H](C(=O)O)[C@@H](C2CC2)C1. The number of carbonyl (C=O) groups is 2. The van der Waals surface area contributed by atoms with E-state index in [0.717, 1.165) is 12.8 Å². The minimum absolute atomic E-state index is 0.0258. The van der Waals surface area contributed by atoms with E-state index in [-0.39, 0.29) is 17.7 Å². The van der Waals surface area contributed by atoms with Crippen LogP contribution in [0.15, 0.2) is 0 Å². The summed E-state index contributed by atoms with van der Waals surface area (Å²) in [6.45, 7) is 3.92. The van der Waals surface area contributed by atoms with Crippen molar-refractivity contribution in [1.29, 1.82) is 0 Å². The van der Waals surface area contributed by atoms with E-state index in [2.05, 4.69) is 0 Å². The lowest BCUT2D eigenvalue weighted by Gasteiger charge is -2.16. The van der Waals surface area contributed by atoms with Gasteiger partial charge in [0.2, 0.25) is 5.91 Å². The molecular weight excluding hydrogens is 234 g/mol. The van der Waals surface area contributed by atoms with Gasteiger partial charge in [0.1, 0.15) is 0 Å². The lowest BCUT2D eigenvalue weighted by Crippen LogP contribution is -2.30. The number of hydrogen-bond donors (Lipinski definition) is 1. The first-order valence-electron chi connectivity index (χ1n) is 6.71. The first-order valence-corrected chi connectivity index (χ1v) is 6.71. The molecule has 1 aliphatic carbocycles. The number of carbonyl (C=O) groups excluding carboxylic acids is 1. The smallest absolute Gasteiger partial charge is 0.308 e. The minimum atomic E-state index is -0.757. The Kier molecular flexibility index (Phi) is 4.22. The summed E-state index contributed by atoms with van der Waals surface area (Å²) in [6.07, 6.45) is 2.60. The van der Waals surface area contributed by atoms with Crippen molar-refractivity contribution in [1.82, 2.24) is 4.90 Å². The molecule has 0 aromatic carbocycles. The van der Waals surface area contributed by atoms with Gasteiger partial charge < -0.3 is 14.7 Å². The van der Waals surface area contributed by atoms with E-state index in [9.17, 15) is 14.7 Å². The number of aliphatic carboxylic acids is 1. The van der Waals surface area contributed by atoms with E-state index in [0.29, 0.717) is 38.6 Å². The van der Waals surface area contributed by atoms with Gasteiger partial charge in [0.25, 0.3) is 0 Å². The molecule has 0 unspecified atom stereocenters. The normalized spacial score (nSPS) is 27.5. The average Bonchev–Trinajstić information content (AvgIpc) is 3.07. The molecule has 2 aliphatic rings. The number of ether oxygens (including phenoxy) is 1. The fourth-order valence-electron chi connectivity index (χ4n) is 2.76. The number of carboxylic acids is 1. The Morgan fingerprint density at radius 3 is 2.61 bits per heavy atom. The number of carboxylic acid groups (broad SMARTS) is 1. The van der Waals surface area contributed by atoms with Crippen LogP contribution in [0.3, 0.4) is 0 Å². The topological polar surface area (TPSA) is 66.8 Å². The molecule has 0 radical (unpaired) electrons. The van der Waals surface area contributed by atoms with Crippen LogP contribution in [-0.4, -0.2) is 48.2 Å². The van der Waals surface area contributed by atoms with Crippen molar-refractivity contribution in [2.24, 2.45) is 17.8 Å². The monoisotopic (exact) mass is 255 g/mol. The third-order valence-corrected chi connectivity index (χ3v) is 3.93. The molecule has 2 rings (SSSR count). The summed E-state index contributed by atoms with van der Waals surface area (Å²) < 4.78 is 5.16. The molecule has 18 heavy (non-hydrogen) atoms. The van der Waals surface area contributed by atoms with E-state index in [1.807, 2.05) is 6.92 Å². The van der Waals surface area contributed by atoms with Crippen LogP contribution in [0, 0.1) is 17.8 Å². The van der Waals surface area contributed by atoms with Gasteiger partial charge in [-0.2, -0.15) is 0 Å². The summed E-state index contributed by atoms with van der Waals surface area (Å²) >= 11 is 0. The van der Waals surface area contributed by atoms with Gasteiger partial charge in [0.05, 0.1) is 18.9 Å². The molecule has 1 aliphatic heterocycles. The lowest BCUT2D eigenvalue weighted by atomic mass is 9.92. The molecule has 5 heteroatoms. The van der Waals surface area contributed by atoms with Crippen molar-refractivity contribution in [3.8, 4) is 0 Å². The number of nitrogens with zero attached hydrogens (tertiary/aromatic N) is 1. The van der Waals surface area contributed by atoms with Crippen molar-refractivity contribution in [3.05, 3.63) is 0 Å². The van der Waals surface area contributed by atoms with Gasteiger partial charge in [-0.15, -0.1) is 0 Å². The van der Waals surface area contributed by atoms with Gasteiger partial charge in [0, 0.05) is 19.7 Å². The van der Waals surface area contributed by atoms with Crippen LogP contribution < -0.4 is 0 Å². The largest absolute Gasteiger partial charge is 0.481 e. The van der Waals surface area contributed by atoms with Crippen molar-refractivity contribution < 1.29 is 19.4 Å².